The molecule has 3 rings (SSSR count). The number of nitrogens with two attached hydrogens (primary N) is 1. The lowest BCUT2D eigenvalue weighted by Crippen LogP contribution is -2.33. The molecule has 0 saturated carbocycles. The van der Waals surface area contributed by atoms with E-state index in [1.165, 1.54) is 46.1 Å². The van der Waals surface area contributed by atoms with E-state index in [4.69, 9.17) is 17.3 Å². The molecule has 1 unspecified atom stereocenters. The Morgan fingerprint density at radius 3 is 2.41 bits per heavy atom. The second-order valence-corrected chi connectivity index (χ2v) is 8.80. The van der Waals surface area contributed by atoms with Crippen molar-refractivity contribution in [1.82, 2.24) is 4.98 Å². The SMILES string of the molecule is CC(c1ccccc1Cl)N(c1nccs1)S(=O)(=O)c1ccc(C(N)=O)cc1. The van der Waals surface area contributed by atoms with Crippen molar-refractivity contribution in [2.75, 3.05) is 4.31 Å². The van der Waals surface area contributed by atoms with Crippen LogP contribution in [0.2, 0.25) is 5.02 Å². The molecular weight excluding hydrogens is 406 g/mol. The number of carbonyl (C=O) groups is 1. The number of anilines is 1. The maximum Gasteiger partial charge on any atom is 0.266 e. The molecule has 1 heterocycles. The number of aromatic nitrogens is 1. The number of hydrogen-bond acceptors (Lipinski definition) is 5. The molecule has 6 nitrogen and oxygen atoms in total. The molecule has 0 aliphatic carbocycles. The van der Waals surface area contributed by atoms with Crippen LogP contribution < -0.4 is 10.0 Å². The van der Waals surface area contributed by atoms with Gasteiger partial charge in [0.15, 0.2) is 5.13 Å². The first-order valence-electron chi connectivity index (χ1n) is 7.90. The van der Waals surface area contributed by atoms with Gasteiger partial charge in [-0.15, -0.1) is 11.3 Å². The van der Waals surface area contributed by atoms with Gasteiger partial charge < -0.3 is 5.73 Å². The van der Waals surface area contributed by atoms with Crippen molar-refractivity contribution < 1.29 is 13.2 Å². The van der Waals surface area contributed by atoms with E-state index < -0.39 is 22.0 Å². The van der Waals surface area contributed by atoms with Crippen LogP contribution in [0.1, 0.15) is 28.9 Å². The summed E-state index contributed by atoms with van der Waals surface area (Å²) in [6, 6.07) is 12.0. The molecule has 0 fully saturated rings. The number of nitrogens with zero attached hydrogens (tertiary/aromatic N) is 2. The van der Waals surface area contributed by atoms with Crippen molar-refractivity contribution in [2.45, 2.75) is 17.9 Å². The van der Waals surface area contributed by atoms with Gasteiger partial charge in [-0.25, -0.2) is 17.7 Å². The molecule has 0 radical (unpaired) electrons. The van der Waals surface area contributed by atoms with Gasteiger partial charge in [0.25, 0.3) is 10.0 Å². The van der Waals surface area contributed by atoms with Crippen molar-refractivity contribution in [3.05, 3.63) is 76.3 Å². The number of benzene rings is 2. The van der Waals surface area contributed by atoms with Gasteiger partial charge >= 0.3 is 0 Å². The molecule has 9 heteroatoms. The Balaban J connectivity index is 2.10. The molecule has 3 aromatic rings. The van der Waals surface area contributed by atoms with Gasteiger partial charge in [0.2, 0.25) is 5.91 Å². The van der Waals surface area contributed by atoms with Crippen LogP contribution in [0.3, 0.4) is 0 Å². The van der Waals surface area contributed by atoms with Crippen LogP contribution in [0.4, 0.5) is 5.13 Å². The average Bonchev–Trinajstić information content (AvgIpc) is 3.16. The van der Waals surface area contributed by atoms with E-state index >= 15 is 0 Å². The van der Waals surface area contributed by atoms with Crippen LogP contribution in [0, 0.1) is 0 Å². The summed E-state index contributed by atoms with van der Waals surface area (Å²) in [6.07, 6.45) is 1.54. The maximum atomic E-state index is 13.4. The number of hydrogen-bond donors (Lipinski definition) is 1. The quantitative estimate of drug-likeness (QED) is 0.654. The highest BCUT2D eigenvalue weighted by atomic mass is 35.5. The summed E-state index contributed by atoms with van der Waals surface area (Å²) in [5.41, 5.74) is 6.12. The average molecular weight is 422 g/mol. The molecule has 140 valence electrons. The fourth-order valence-electron chi connectivity index (χ4n) is 2.65. The normalized spacial score (nSPS) is 12.5. The van der Waals surface area contributed by atoms with Crippen LogP contribution in [-0.2, 0) is 10.0 Å². The molecular formula is C18H16ClN3O3S2. The Hall–Kier alpha value is -2.42. The Labute approximate surface area is 166 Å². The van der Waals surface area contributed by atoms with E-state index in [9.17, 15) is 13.2 Å². The van der Waals surface area contributed by atoms with Gasteiger partial charge in [0.1, 0.15) is 0 Å². The van der Waals surface area contributed by atoms with Crippen molar-refractivity contribution in [3.8, 4) is 0 Å². The largest absolute Gasteiger partial charge is 0.366 e. The molecule has 27 heavy (non-hydrogen) atoms. The molecule has 2 aromatic carbocycles. The number of rotatable bonds is 6. The lowest BCUT2D eigenvalue weighted by atomic mass is 10.1. The van der Waals surface area contributed by atoms with E-state index in [-0.39, 0.29) is 10.5 Å². The zero-order chi connectivity index (χ0) is 19.6. The highest BCUT2D eigenvalue weighted by Gasteiger charge is 2.33. The fourth-order valence-corrected chi connectivity index (χ4v) is 5.48. The van der Waals surface area contributed by atoms with Crippen molar-refractivity contribution in [3.63, 3.8) is 0 Å². The summed E-state index contributed by atoms with van der Waals surface area (Å²) >= 11 is 7.49. The van der Waals surface area contributed by atoms with E-state index in [1.54, 1.807) is 36.6 Å². The first-order valence-corrected chi connectivity index (χ1v) is 10.6. The van der Waals surface area contributed by atoms with E-state index in [0.29, 0.717) is 15.7 Å². The minimum atomic E-state index is -3.96. The minimum absolute atomic E-state index is 0.0293. The maximum absolute atomic E-state index is 13.4. The monoisotopic (exact) mass is 421 g/mol. The van der Waals surface area contributed by atoms with Gasteiger partial charge in [-0.2, -0.15) is 0 Å². The third kappa shape index (κ3) is 3.83. The number of thiazole rings is 1. The number of amides is 1. The lowest BCUT2D eigenvalue weighted by molar-refractivity contribution is 0.1000. The summed E-state index contributed by atoms with van der Waals surface area (Å²) in [6.45, 7) is 1.75. The van der Waals surface area contributed by atoms with E-state index in [2.05, 4.69) is 4.98 Å². The van der Waals surface area contributed by atoms with E-state index in [0.717, 1.165) is 0 Å². The molecule has 1 aromatic heterocycles. The summed E-state index contributed by atoms with van der Waals surface area (Å²) in [7, 11) is -3.96. The molecule has 1 atom stereocenters. The second kappa shape index (κ2) is 7.67. The molecule has 0 saturated heterocycles. The van der Waals surface area contributed by atoms with Crippen LogP contribution in [0.5, 0.6) is 0 Å². The highest BCUT2D eigenvalue weighted by molar-refractivity contribution is 7.93. The first-order chi connectivity index (χ1) is 12.8. The Morgan fingerprint density at radius 1 is 1.19 bits per heavy atom. The molecule has 0 aliphatic heterocycles. The van der Waals surface area contributed by atoms with Gasteiger partial charge in [-0.3, -0.25) is 4.79 Å². The summed E-state index contributed by atoms with van der Waals surface area (Å²) in [4.78, 5) is 15.5. The topological polar surface area (TPSA) is 93.4 Å². The summed E-state index contributed by atoms with van der Waals surface area (Å²) < 4.78 is 28.0. The summed E-state index contributed by atoms with van der Waals surface area (Å²) in [5.74, 6) is -0.625. The smallest absolute Gasteiger partial charge is 0.266 e. The van der Waals surface area contributed by atoms with Crippen molar-refractivity contribution >= 4 is 44.0 Å². The Bertz CT molecular complexity index is 1050. The Morgan fingerprint density at radius 2 is 1.85 bits per heavy atom. The van der Waals surface area contributed by atoms with Gasteiger partial charge in [-0.1, -0.05) is 29.8 Å². The molecule has 0 spiro atoms. The van der Waals surface area contributed by atoms with Crippen LogP contribution in [0.25, 0.3) is 0 Å². The van der Waals surface area contributed by atoms with Crippen LogP contribution in [-0.4, -0.2) is 19.3 Å². The predicted octanol–water partition coefficient (Wildman–Crippen LogP) is 3.85. The number of carbonyl (C=O) groups excluding carboxylic acids is 1. The number of primary amides is 1. The van der Waals surface area contributed by atoms with Gasteiger partial charge in [-0.05, 0) is 42.8 Å². The zero-order valence-corrected chi connectivity index (χ0v) is 16.6. The summed E-state index contributed by atoms with van der Waals surface area (Å²) in [5, 5.41) is 2.49. The molecule has 0 aliphatic rings. The molecule has 0 bridgehead atoms. The fraction of sp³-hybridized carbons (Fsp3) is 0.111. The highest BCUT2D eigenvalue weighted by Crippen LogP contribution is 2.36. The second-order valence-electron chi connectivity index (χ2n) is 5.70. The molecule has 1 amide bonds. The Kier molecular flexibility index (Phi) is 5.50. The van der Waals surface area contributed by atoms with Crippen LogP contribution >= 0.6 is 22.9 Å². The first kappa shape index (κ1) is 19.3. The van der Waals surface area contributed by atoms with Crippen molar-refractivity contribution in [2.24, 2.45) is 5.73 Å². The zero-order valence-electron chi connectivity index (χ0n) is 14.2. The van der Waals surface area contributed by atoms with Crippen molar-refractivity contribution in [1.29, 1.82) is 0 Å². The third-order valence-electron chi connectivity index (χ3n) is 4.01. The predicted molar refractivity (Wildman–Crippen MR) is 107 cm³/mol. The number of halogens is 1. The van der Waals surface area contributed by atoms with Crippen LogP contribution in [0.15, 0.2) is 65.0 Å². The standard InChI is InChI=1S/C18H16ClN3O3S2/c1-12(15-4-2-3-5-16(15)19)22(18-21-10-11-26-18)27(24,25)14-8-6-13(7-9-14)17(20)23/h2-12H,1H3,(H2,20,23). The van der Waals surface area contributed by atoms with E-state index in [1.807, 2.05) is 0 Å². The number of sulfonamides is 1. The third-order valence-corrected chi connectivity index (χ3v) is 7.12. The lowest BCUT2D eigenvalue weighted by Gasteiger charge is -2.29. The van der Waals surface area contributed by atoms with Gasteiger partial charge in [0, 0.05) is 22.2 Å². The minimum Gasteiger partial charge on any atom is -0.366 e. The molecule has 2 N–H and O–H groups in total. The van der Waals surface area contributed by atoms with Gasteiger partial charge in [0.05, 0.1) is 10.9 Å².